The van der Waals surface area contributed by atoms with Gasteiger partial charge in [-0.1, -0.05) is 45.4 Å². The lowest BCUT2D eigenvalue weighted by Gasteiger charge is -2.34. The van der Waals surface area contributed by atoms with Crippen LogP contribution < -0.4 is 5.32 Å². The molecule has 1 unspecified atom stereocenters. The Morgan fingerprint density at radius 1 is 0.952 bits per heavy atom. The van der Waals surface area contributed by atoms with Crippen LogP contribution in [0.3, 0.4) is 0 Å². The molecule has 1 atom stereocenters. The highest BCUT2D eigenvalue weighted by atomic mass is 19.4. The summed E-state index contributed by atoms with van der Waals surface area (Å²) in [4.78, 5) is 0. The monoisotopic (exact) mass is 307 g/mol. The SMILES string of the molecule is CCCCCCCCC(NC)C1CCC(C(F)(F)F)CC1. The van der Waals surface area contributed by atoms with Crippen molar-refractivity contribution in [1.82, 2.24) is 5.32 Å². The van der Waals surface area contributed by atoms with Gasteiger partial charge >= 0.3 is 6.18 Å². The van der Waals surface area contributed by atoms with E-state index in [-0.39, 0.29) is 0 Å². The molecular weight excluding hydrogens is 275 g/mol. The van der Waals surface area contributed by atoms with Crippen molar-refractivity contribution in [1.29, 1.82) is 0 Å². The van der Waals surface area contributed by atoms with Crippen LogP contribution in [0.25, 0.3) is 0 Å². The second kappa shape index (κ2) is 9.70. The average Bonchev–Trinajstić information content (AvgIpc) is 2.46. The molecule has 1 nitrogen and oxygen atoms in total. The Balaban J connectivity index is 2.21. The molecule has 0 aromatic rings. The van der Waals surface area contributed by atoms with Gasteiger partial charge in [0.2, 0.25) is 0 Å². The third-order valence-electron chi connectivity index (χ3n) is 5.04. The molecule has 0 radical (unpaired) electrons. The molecule has 1 aliphatic carbocycles. The predicted molar refractivity (Wildman–Crippen MR) is 82.3 cm³/mol. The molecule has 1 aliphatic rings. The van der Waals surface area contributed by atoms with E-state index in [1.165, 1.54) is 38.5 Å². The van der Waals surface area contributed by atoms with Crippen LogP contribution in [0.15, 0.2) is 0 Å². The Morgan fingerprint density at radius 3 is 2.05 bits per heavy atom. The summed E-state index contributed by atoms with van der Waals surface area (Å²) in [6, 6.07) is 0.408. The number of unbranched alkanes of at least 4 members (excludes halogenated alkanes) is 5. The van der Waals surface area contributed by atoms with E-state index >= 15 is 0 Å². The van der Waals surface area contributed by atoms with Gasteiger partial charge in [0.25, 0.3) is 0 Å². The van der Waals surface area contributed by atoms with Crippen molar-refractivity contribution in [3.63, 3.8) is 0 Å². The fourth-order valence-corrected chi connectivity index (χ4v) is 3.61. The second-order valence-electron chi connectivity index (χ2n) is 6.60. The van der Waals surface area contributed by atoms with Gasteiger partial charge in [0, 0.05) is 6.04 Å². The fraction of sp³-hybridized carbons (Fsp3) is 1.00. The normalized spacial score (nSPS) is 25.0. The van der Waals surface area contributed by atoms with Crippen molar-refractivity contribution in [3.05, 3.63) is 0 Å². The van der Waals surface area contributed by atoms with E-state index in [2.05, 4.69) is 12.2 Å². The van der Waals surface area contributed by atoms with Gasteiger partial charge in [-0.15, -0.1) is 0 Å². The maximum absolute atomic E-state index is 12.7. The molecule has 0 saturated heterocycles. The highest BCUT2D eigenvalue weighted by molar-refractivity contribution is 4.83. The molecule has 0 aromatic heterocycles. The average molecular weight is 307 g/mol. The standard InChI is InChI=1S/C17H32F3N/c1-3-4-5-6-7-8-9-16(21-2)14-10-12-15(13-11-14)17(18,19)20/h14-16,21H,3-13H2,1-2H3. The predicted octanol–water partition coefficient (Wildman–Crippen LogP) is 5.69. The van der Waals surface area contributed by atoms with E-state index in [4.69, 9.17) is 0 Å². The van der Waals surface area contributed by atoms with Gasteiger partial charge in [0.1, 0.15) is 0 Å². The number of alkyl halides is 3. The third-order valence-corrected chi connectivity index (χ3v) is 5.04. The van der Waals surface area contributed by atoms with Gasteiger partial charge < -0.3 is 5.32 Å². The molecule has 0 heterocycles. The smallest absolute Gasteiger partial charge is 0.317 e. The van der Waals surface area contributed by atoms with Crippen molar-refractivity contribution >= 4 is 0 Å². The molecule has 0 bridgehead atoms. The zero-order valence-corrected chi connectivity index (χ0v) is 13.6. The third kappa shape index (κ3) is 7.03. The van der Waals surface area contributed by atoms with Gasteiger partial charge in [-0.2, -0.15) is 13.2 Å². The van der Waals surface area contributed by atoms with Crippen LogP contribution in [-0.2, 0) is 0 Å². The van der Waals surface area contributed by atoms with E-state index in [9.17, 15) is 13.2 Å². The summed E-state index contributed by atoms with van der Waals surface area (Å²) in [7, 11) is 1.96. The van der Waals surface area contributed by atoms with Crippen LogP contribution in [0.2, 0.25) is 0 Å². The molecule has 126 valence electrons. The molecular formula is C17H32F3N. The minimum atomic E-state index is -3.99. The van der Waals surface area contributed by atoms with Crippen LogP contribution >= 0.6 is 0 Å². The minimum absolute atomic E-state index is 0.322. The maximum Gasteiger partial charge on any atom is 0.391 e. The summed E-state index contributed by atoms with van der Waals surface area (Å²) < 4.78 is 38.1. The molecule has 1 fully saturated rings. The first-order chi connectivity index (χ1) is 9.99. The molecule has 0 aromatic carbocycles. The second-order valence-corrected chi connectivity index (χ2v) is 6.60. The quantitative estimate of drug-likeness (QED) is 0.539. The number of nitrogens with one attached hydrogen (secondary N) is 1. The molecule has 21 heavy (non-hydrogen) atoms. The van der Waals surface area contributed by atoms with Gasteiger partial charge in [-0.05, 0) is 45.1 Å². The lowest BCUT2D eigenvalue weighted by molar-refractivity contribution is -0.184. The first kappa shape index (κ1) is 18.8. The van der Waals surface area contributed by atoms with Crippen molar-refractivity contribution < 1.29 is 13.2 Å². The largest absolute Gasteiger partial charge is 0.391 e. The lowest BCUT2D eigenvalue weighted by atomic mass is 9.77. The lowest BCUT2D eigenvalue weighted by Crippen LogP contribution is -2.38. The number of hydrogen-bond donors (Lipinski definition) is 1. The zero-order valence-electron chi connectivity index (χ0n) is 13.6. The van der Waals surface area contributed by atoms with Gasteiger partial charge in [-0.25, -0.2) is 0 Å². The molecule has 1 saturated carbocycles. The van der Waals surface area contributed by atoms with Gasteiger partial charge in [0.05, 0.1) is 5.92 Å². The highest BCUT2D eigenvalue weighted by Crippen LogP contribution is 2.40. The molecule has 4 heteroatoms. The van der Waals surface area contributed by atoms with Crippen LogP contribution in [0, 0.1) is 11.8 Å². The fourth-order valence-electron chi connectivity index (χ4n) is 3.61. The van der Waals surface area contributed by atoms with Crippen molar-refractivity contribution in [3.8, 4) is 0 Å². The number of halogens is 3. The molecule has 0 aliphatic heterocycles. The first-order valence-corrected chi connectivity index (χ1v) is 8.73. The Morgan fingerprint density at radius 2 is 1.52 bits per heavy atom. The van der Waals surface area contributed by atoms with E-state index in [1.807, 2.05) is 7.05 Å². The maximum atomic E-state index is 12.7. The highest BCUT2D eigenvalue weighted by Gasteiger charge is 2.42. The topological polar surface area (TPSA) is 12.0 Å². The summed E-state index contributed by atoms with van der Waals surface area (Å²) in [5.74, 6) is -0.621. The van der Waals surface area contributed by atoms with E-state index in [0.717, 1.165) is 19.3 Å². The zero-order chi connectivity index (χ0) is 15.7. The van der Waals surface area contributed by atoms with Crippen LogP contribution in [-0.4, -0.2) is 19.3 Å². The summed E-state index contributed by atoms with van der Waals surface area (Å²) in [5, 5.41) is 3.35. The van der Waals surface area contributed by atoms with Crippen molar-refractivity contribution in [2.24, 2.45) is 11.8 Å². The molecule has 0 spiro atoms. The molecule has 1 rings (SSSR count). The minimum Gasteiger partial charge on any atom is -0.317 e. The Hall–Kier alpha value is -0.250. The summed E-state index contributed by atoms with van der Waals surface area (Å²) in [6.45, 7) is 2.22. The van der Waals surface area contributed by atoms with E-state index < -0.39 is 12.1 Å². The first-order valence-electron chi connectivity index (χ1n) is 8.73. The summed E-state index contributed by atoms with van der Waals surface area (Å²) in [5.41, 5.74) is 0. The summed E-state index contributed by atoms with van der Waals surface area (Å²) >= 11 is 0. The van der Waals surface area contributed by atoms with Gasteiger partial charge in [-0.3, -0.25) is 0 Å². The van der Waals surface area contributed by atoms with Crippen LogP contribution in [0.4, 0.5) is 13.2 Å². The molecule has 1 N–H and O–H groups in total. The summed E-state index contributed by atoms with van der Waals surface area (Å²) in [6.07, 6.45) is 6.89. The van der Waals surface area contributed by atoms with E-state index in [1.54, 1.807) is 0 Å². The number of rotatable bonds is 9. The van der Waals surface area contributed by atoms with Crippen LogP contribution in [0.1, 0.15) is 77.6 Å². The Labute approximate surface area is 128 Å². The van der Waals surface area contributed by atoms with Crippen LogP contribution in [0.5, 0.6) is 0 Å². The molecule has 0 amide bonds. The Kier molecular flexibility index (Phi) is 8.69. The van der Waals surface area contributed by atoms with E-state index in [0.29, 0.717) is 24.8 Å². The van der Waals surface area contributed by atoms with Crippen molar-refractivity contribution in [2.45, 2.75) is 89.8 Å². The number of hydrogen-bond acceptors (Lipinski definition) is 1. The Bertz CT molecular complexity index is 257. The van der Waals surface area contributed by atoms with Gasteiger partial charge in [0.15, 0.2) is 0 Å². The van der Waals surface area contributed by atoms with Crippen molar-refractivity contribution in [2.75, 3.05) is 7.05 Å².